The van der Waals surface area contributed by atoms with Crippen molar-refractivity contribution in [2.45, 2.75) is 46.1 Å². The summed E-state index contributed by atoms with van der Waals surface area (Å²) in [5.74, 6) is 4.70. The third-order valence-electron chi connectivity index (χ3n) is 6.41. The number of nitrogens with zero attached hydrogens (tertiary/aromatic N) is 4. The lowest BCUT2D eigenvalue weighted by Gasteiger charge is -2.36. The molecule has 1 aromatic carbocycles. The number of nitrogens with one attached hydrogen (secondary N) is 2. The molecule has 2 N–H and O–H groups in total. The lowest BCUT2D eigenvalue weighted by Crippen LogP contribution is -2.40. The fraction of sp³-hybridized carbons (Fsp3) is 0.560. The first-order valence-electron chi connectivity index (χ1n) is 12.1. The second-order valence-corrected chi connectivity index (χ2v) is 9.87. The minimum absolute atomic E-state index is 0.521. The standard InChI is InChI=1S/C25H36N6OS/c1-18-13-19(2)17-31(16-18)23-14-22(30-11-5-4-6-12-30)27-24(28-23)29-25(33)26-15-20-7-9-21(32-3)10-8-20/h7-10,14,18-19H,4-6,11-13,15-17H2,1-3H3,(H2,26,27,28,29,33)/t18-,19-/m0/s1. The maximum Gasteiger partial charge on any atom is 0.232 e. The van der Waals surface area contributed by atoms with Crippen molar-refractivity contribution in [1.82, 2.24) is 15.3 Å². The van der Waals surface area contributed by atoms with Crippen LogP contribution < -0.4 is 25.2 Å². The van der Waals surface area contributed by atoms with E-state index >= 15 is 0 Å². The molecule has 4 rings (SSSR count). The van der Waals surface area contributed by atoms with Crippen LogP contribution in [0.5, 0.6) is 5.75 Å². The van der Waals surface area contributed by atoms with Crippen LogP contribution in [0.1, 0.15) is 45.1 Å². The number of methoxy groups -OCH3 is 1. The van der Waals surface area contributed by atoms with Gasteiger partial charge in [0.15, 0.2) is 5.11 Å². The highest BCUT2D eigenvalue weighted by Crippen LogP contribution is 2.29. The summed E-state index contributed by atoms with van der Waals surface area (Å²) in [4.78, 5) is 14.5. The molecule has 0 radical (unpaired) electrons. The zero-order valence-electron chi connectivity index (χ0n) is 20.0. The highest BCUT2D eigenvalue weighted by molar-refractivity contribution is 7.80. The Kier molecular flexibility index (Phi) is 7.85. The van der Waals surface area contributed by atoms with E-state index in [1.165, 1.54) is 25.7 Å². The molecule has 0 unspecified atom stereocenters. The Hall–Kier alpha value is -2.61. The van der Waals surface area contributed by atoms with Crippen LogP contribution in [0.3, 0.4) is 0 Å². The molecule has 7 nitrogen and oxygen atoms in total. The highest BCUT2D eigenvalue weighted by Gasteiger charge is 2.25. The number of aromatic nitrogens is 2. The molecule has 2 saturated heterocycles. The van der Waals surface area contributed by atoms with Crippen LogP contribution in [0.4, 0.5) is 17.6 Å². The molecule has 0 saturated carbocycles. The summed E-state index contributed by atoms with van der Waals surface area (Å²) in [5, 5.41) is 7.03. The van der Waals surface area contributed by atoms with Crippen LogP contribution in [0.25, 0.3) is 0 Å². The second kappa shape index (κ2) is 11.0. The van der Waals surface area contributed by atoms with Crippen molar-refractivity contribution in [3.8, 4) is 5.75 Å². The zero-order valence-corrected chi connectivity index (χ0v) is 20.8. The van der Waals surface area contributed by atoms with Crippen LogP contribution >= 0.6 is 12.2 Å². The number of benzene rings is 1. The Bertz CT molecular complexity index is 921. The van der Waals surface area contributed by atoms with Gasteiger partial charge in [-0.15, -0.1) is 0 Å². The van der Waals surface area contributed by atoms with E-state index in [0.717, 1.165) is 49.1 Å². The molecule has 2 aliphatic rings. The van der Waals surface area contributed by atoms with Crippen LogP contribution in [-0.2, 0) is 6.54 Å². The van der Waals surface area contributed by atoms with E-state index < -0.39 is 0 Å². The summed E-state index contributed by atoms with van der Waals surface area (Å²) >= 11 is 5.57. The van der Waals surface area contributed by atoms with Crippen LogP contribution in [0.2, 0.25) is 0 Å². The van der Waals surface area contributed by atoms with E-state index in [4.69, 9.17) is 26.9 Å². The van der Waals surface area contributed by atoms with Gasteiger partial charge in [-0.25, -0.2) is 0 Å². The monoisotopic (exact) mass is 468 g/mol. The maximum absolute atomic E-state index is 5.57. The first kappa shape index (κ1) is 23.5. The second-order valence-electron chi connectivity index (χ2n) is 9.46. The first-order valence-corrected chi connectivity index (χ1v) is 12.5. The average molecular weight is 469 g/mol. The van der Waals surface area contributed by atoms with Gasteiger partial charge in [0.05, 0.1) is 7.11 Å². The van der Waals surface area contributed by atoms with E-state index in [0.29, 0.717) is 29.4 Å². The topological polar surface area (TPSA) is 65.6 Å². The number of piperidine rings is 2. The van der Waals surface area contributed by atoms with Crippen molar-refractivity contribution in [1.29, 1.82) is 0 Å². The molecule has 2 atom stereocenters. The largest absolute Gasteiger partial charge is 0.497 e. The molecule has 3 heterocycles. The summed E-state index contributed by atoms with van der Waals surface area (Å²) < 4.78 is 5.23. The third kappa shape index (κ3) is 6.47. The van der Waals surface area contributed by atoms with Crippen molar-refractivity contribution in [3.05, 3.63) is 35.9 Å². The van der Waals surface area contributed by atoms with Gasteiger partial charge in [0.2, 0.25) is 5.95 Å². The SMILES string of the molecule is COc1ccc(CNC(=S)Nc2nc(N3CCCCC3)cc(N3C[C@@H](C)C[C@H](C)C3)n2)cc1. The summed E-state index contributed by atoms with van der Waals surface area (Å²) in [6, 6.07) is 10.1. The van der Waals surface area contributed by atoms with Crippen molar-refractivity contribution >= 4 is 34.9 Å². The number of hydrogen-bond acceptors (Lipinski definition) is 6. The Morgan fingerprint density at radius 1 is 1.00 bits per heavy atom. The van der Waals surface area contributed by atoms with Crippen LogP contribution in [0.15, 0.2) is 30.3 Å². The van der Waals surface area contributed by atoms with Crippen molar-refractivity contribution in [3.63, 3.8) is 0 Å². The number of anilines is 3. The molecule has 2 aliphatic heterocycles. The average Bonchev–Trinajstić information content (AvgIpc) is 2.83. The van der Waals surface area contributed by atoms with Gasteiger partial charge in [0.25, 0.3) is 0 Å². The molecular weight excluding hydrogens is 432 g/mol. The van der Waals surface area contributed by atoms with Gasteiger partial charge < -0.3 is 25.2 Å². The minimum atomic E-state index is 0.521. The maximum atomic E-state index is 5.57. The summed E-state index contributed by atoms with van der Waals surface area (Å²) in [6.07, 6.45) is 4.98. The molecule has 8 heteroatoms. The Labute approximate surface area is 202 Å². The predicted octanol–water partition coefficient (Wildman–Crippen LogP) is 4.44. The van der Waals surface area contributed by atoms with Crippen LogP contribution in [-0.4, -0.2) is 48.4 Å². The molecule has 2 fully saturated rings. The number of rotatable bonds is 6. The predicted molar refractivity (Wildman–Crippen MR) is 139 cm³/mol. The minimum Gasteiger partial charge on any atom is -0.497 e. The smallest absolute Gasteiger partial charge is 0.232 e. The van der Waals surface area contributed by atoms with Gasteiger partial charge in [-0.3, -0.25) is 0 Å². The first-order chi connectivity index (χ1) is 16.0. The summed E-state index contributed by atoms with van der Waals surface area (Å²) in [6.45, 7) is 9.42. The summed E-state index contributed by atoms with van der Waals surface area (Å²) in [5.41, 5.74) is 1.12. The van der Waals surface area contributed by atoms with Gasteiger partial charge in [0, 0.05) is 38.8 Å². The number of ether oxygens (including phenoxy) is 1. The molecule has 33 heavy (non-hydrogen) atoms. The normalized spacial score (nSPS) is 20.9. The van der Waals surface area contributed by atoms with Gasteiger partial charge in [-0.2, -0.15) is 9.97 Å². The Balaban J connectivity index is 1.48. The van der Waals surface area contributed by atoms with E-state index in [1.807, 2.05) is 24.3 Å². The quantitative estimate of drug-likeness (QED) is 0.603. The zero-order chi connectivity index (χ0) is 23.2. The van der Waals surface area contributed by atoms with Gasteiger partial charge >= 0.3 is 0 Å². The number of hydrogen-bond donors (Lipinski definition) is 2. The van der Waals surface area contributed by atoms with E-state index in [-0.39, 0.29) is 0 Å². The van der Waals surface area contributed by atoms with Gasteiger partial charge in [-0.1, -0.05) is 26.0 Å². The third-order valence-corrected chi connectivity index (χ3v) is 6.66. The molecule has 1 aromatic heterocycles. The molecule has 0 aliphatic carbocycles. The van der Waals surface area contributed by atoms with Crippen molar-refractivity contribution in [2.24, 2.45) is 11.8 Å². The van der Waals surface area contributed by atoms with Crippen LogP contribution in [0, 0.1) is 11.8 Å². The highest BCUT2D eigenvalue weighted by atomic mass is 32.1. The number of thiocarbonyl (C=S) groups is 1. The molecular formula is C25H36N6OS. The molecule has 0 spiro atoms. The van der Waals surface area contributed by atoms with E-state index in [2.05, 4.69) is 40.3 Å². The van der Waals surface area contributed by atoms with E-state index in [9.17, 15) is 0 Å². The lowest BCUT2D eigenvalue weighted by molar-refractivity contribution is 0.355. The van der Waals surface area contributed by atoms with Gasteiger partial charge in [-0.05, 0) is 67.4 Å². The fourth-order valence-electron chi connectivity index (χ4n) is 4.85. The molecule has 178 valence electrons. The lowest BCUT2D eigenvalue weighted by atomic mass is 9.92. The van der Waals surface area contributed by atoms with Crippen molar-refractivity contribution < 1.29 is 4.74 Å². The van der Waals surface area contributed by atoms with Crippen molar-refractivity contribution in [2.75, 3.05) is 48.4 Å². The summed E-state index contributed by atoms with van der Waals surface area (Å²) in [7, 11) is 1.67. The molecule has 0 bridgehead atoms. The molecule has 0 amide bonds. The Morgan fingerprint density at radius 3 is 2.27 bits per heavy atom. The molecule has 2 aromatic rings. The Morgan fingerprint density at radius 2 is 1.64 bits per heavy atom. The van der Waals surface area contributed by atoms with Gasteiger partial charge in [0.1, 0.15) is 17.4 Å². The van der Waals surface area contributed by atoms with E-state index in [1.54, 1.807) is 7.11 Å². The fourth-order valence-corrected chi connectivity index (χ4v) is 5.01.